The third-order valence-corrected chi connectivity index (χ3v) is 5.39. The molecule has 5 rings (SSSR count). The topological polar surface area (TPSA) is 63.3 Å². The Labute approximate surface area is 184 Å². The quantitative estimate of drug-likeness (QED) is 0.347. The molecule has 2 heterocycles. The Bertz CT molecular complexity index is 1480. The van der Waals surface area contributed by atoms with Crippen molar-refractivity contribution in [3.63, 3.8) is 0 Å². The van der Waals surface area contributed by atoms with Crippen LogP contribution in [0.3, 0.4) is 0 Å². The molecule has 6 heteroatoms. The van der Waals surface area contributed by atoms with E-state index >= 15 is 0 Å². The lowest BCUT2D eigenvalue weighted by Gasteiger charge is -2.09. The van der Waals surface area contributed by atoms with Gasteiger partial charge < -0.3 is 4.42 Å². The van der Waals surface area contributed by atoms with Gasteiger partial charge in [0.15, 0.2) is 5.82 Å². The summed E-state index contributed by atoms with van der Waals surface area (Å²) in [6.07, 6.45) is 1.53. The molecule has 0 saturated carbocycles. The minimum Gasteiger partial charge on any atom is -0.456 e. The van der Waals surface area contributed by atoms with Crippen molar-refractivity contribution in [2.75, 3.05) is 5.43 Å². The minimum atomic E-state index is 0.650. The van der Waals surface area contributed by atoms with Gasteiger partial charge in [-0.1, -0.05) is 29.8 Å². The largest absolute Gasteiger partial charge is 0.456 e. The van der Waals surface area contributed by atoms with Gasteiger partial charge in [-0.2, -0.15) is 5.10 Å². The number of aryl methyl sites for hydroxylation is 2. The van der Waals surface area contributed by atoms with E-state index in [-0.39, 0.29) is 0 Å². The van der Waals surface area contributed by atoms with Crippen molar-refractivity contribution in [1.82, 2.24) is 9.97 Å². The minimum absolute atomic E-state index is 0.650. The van der Waals surface area contributed by atoms with E-state index in [1.807, 2.05) is 60.7 Å². The number of hydrogen-bond acceptors (Lipinski definition) is 5. The molecular weight excluding hydrogens is 408 g/mol. The summed E-state index contributed by atoms with van der Waals surface area (Å²) in [5.41, 5.74) is 7.92. The van der Waals surface area contributed by atoms with Crippen LogP contribution in [0.1, 0.15) is 11.1 Å². The molecule has 0 atom stereocenters. The molecule has 0 unspecified atom stereocenters. The van der Waals surface area contributed by atoms with Gasteiger partial charge in [0.1, 0.15) is 17.7 Å². The Balaban J connectivity index is 1.71. The first-order chi connectivity index (χ1) is 15.1. The van der Waals surface area contributed by atoms with Gasteiger partial charge >= 0.3 is 0 Å². The highest BCUT2D eigenvalue weighted by atomic mass is 35.5. The van der Waals surface area contributed by atoms with Crippen LogP contribution in [0.2, 0.25) is 5.02 Å². The zero-order valence-corrected chi connectivity index (χ0v) is 17.8. The predicted molar refractivity (Wildman–Crippen MR) is 125 cm³/mol. The van der Waals surface area contributed by atoms with Crippen molar-refractivity contribution in [1.29, 1.82) is 0 Å². The standard InChI is InChI=1S/C25H19ClN4O/c1-15-11-16(2)24-21(29-30-25-19-5-3-4-6-20(19)27-14-28-25)13-22(31-23(24)12-15)17-7-9-18(26)10-8-17/h3-14H,1-2H3,(H,27,28,30). The zero-order chi connectivity index (χ0) is 21.4. The van der Waals surface area contributed by atoms with E-state index in [1.165, 1.54) is 6.33 Å². The maximum atomic E-state index is 6.26. The maximum absolute atomic E-state index is 6.26. The van der Waals surface area contributed by atoms with E-state index < -0.39 is 0 Å². The van der Waals surface area contributed by atoms with Crippen LogP contribution in [0, 0.1) is 13.8 Å². The van der Waals surface area contributed by atoms with Crippen molar-refractivity contribution in [3.05, 3.63) is 94.6 Å². The number of nitrogens with one attached hydrogen (secondary N) is 1. The molecular formula is C25H19ClN4O. The average molecular weight is 427 g/mol. The third kappa shape index (κ3) is 3.76. The second-order valence-corrected chi connectivity index (χ2v) is 7.86. The number of aromatic nitrogens is 2. The fourth-order valence-electron chi connectivity index (χ4n) is 3.73. The highest BCUT2D eigenvalue weighted by molar-refractivity contribution is 6.30. The van der Waals surface area contributed by atoms with E-state index in [1.54, 1.807) is 0 Å². The molecule has 0 bridgehead atoms. The number of halogens is 1. The summed E-state index contributed by atoms with van der Waals surface area (Å²) in [6, 6.07) is 21.5. The SMILES string of the molecule is Cc1cc(C)c2c(=NNc3ncnc4ccccc34)cc(-c3ccc(Cl)cc3)oc2c1. The van der Waals surface area contributed by atoms with E-state index in [9.17, 15) is 0 Å². The third-order valence-electron chi connectivity index (χ3n) is 5.14. The fourth-order valence-corrected chi connectivity index (χ4v) is 3.86. The molecule has 2 aromatic heterocycles. The average Bonchev–Trinajstić information content (AvgIpc) is 2.77. The van der Waals surface area contributed by atoms with Gasteiger partial charge in [0.05, 0.1) is 10.9 Å². The molecule has 31 heavy (non-hydrogen) atoms. The van der Waals surface area contributed by atoms with E-state index in [0.717, 1.165) is 43.9 Å². The smallest absolute Gasteiger partial charge is 0.157 e. The summed E-state index contributed by atoms with van der Waals surface area (Å²) in [5, 5.41) is 8.03. The molecule has 0 radical (unpaired) electrons. The summed E-state index contributed by atoms with van der Waals surface area (Å²) in [5.74, 6) is 1.36. The Kier molecular flexibility index (Phi) is 4.88. The lowest BCUT2D eigenvalue weighted by atomic mass is 10.1. The van der Waals surface area contributed by atoms with Gasteiger partial charge in [0, 0.05) is 27.4 Å². The summed E-state index contributed by atoms with van der Waals surface area (Å²) in [7, 11) is 0. The van der Waals surface area contributed by atoms with Crippen LogP contribution in [0.25, 0.3) is 33.2 Å². The van der Waals surface area contributed by atoms with Gasteiger partial charge in [0.2, 0.25) is 0 Å². The van der Waals surface area contributed by atoms with Gasteiger partial charge in [-0.3, -0.25) is 5.43 Å². The first kappa shape index (κ1) is 19.3. The number of anilines is 1. The Morgan fingerprint density at radius 3 is 2.58 bits per heavy atom. The van der Waals surface area contributed by atoms with E-state index in [2.05, 4.69) is 35.3 Å². The van der Waals surface area contributed by atoms with Crippen molar-refractivity contribution in [3.8, 4) is 11.3 Å². The van der Waals surface area contributed by atoms with Crippen molar-refractivity contribution in [2.24, 2.45) is 5.10 Å². The van der Waals surface area contributed by atoms with Crippen molar-refractivity contribution in [2.45, 2.75) is 13.8 Å². The Hall–Kier alpha value is -3.70. The summed E-state index contributed by atoms with van der Waals surface area (Å²) >= 11 is 6.06. The first-order valence-electron chi connectivity index (χ1n) is 9.89. The Morgan fingerprint density at radius 1 is 0.935 bits per heavy atom. The molecule has 0 aliphatic rings. The number of fused-ring (bicyclic) bond motifs is 2. The molecule has 1 N–H and O–H groups in total. The first-order valence-corrected chi connectivity index (χ1v) is 10.3. The number of nitrogens with zero attached hydrogens (tertiary/aromatic N) is 3. The van der Waals surface area contributed by atoms with Gasteiger partial charge in [-0.15, -0.1) is 0 Å². The van der Waals surface area contributed by atoms with Gasteiger partial charge in [-0.25, -0.2) is 9.97 Å². The van der Waals surface area contributed by atoms with Gasteiger partial charge in [-0.05, 0) is 67.4 Å². The van der Waals surface area contributed by atoms with Crippen LogP contribution >= 0.6 is 11.6 Å². The number of rotatable bonds is 3. The second kappa shape index (κ2) is 7.85. The van der Waals surface area contributed by atoms with Crippen LogP contribution in [0.4, 0.5) is 5.82 Å². The van der Waals surface area contributed by atoms with Crippen LogP contribution in [0.15, 0.2) is 82.6 Å². The van der Waals surface area contributed by atoms with Crippen LogP contribution < -0.4 is 10.8 Å². The monoisotopic (exact) mass is 426 g/mol. The van der Waals surface area contributed by atoms with Crippen LogP contribution in [-0.4, -0.2) is 9.97 Å². The van der Waals surface area contributed by atoms with Gasteiger partial charge in [0.25, 0.3) is 0 Å². The lowest BCUT2D eigenvalue weighted by molar-refractivity contribution is 0.617. The normalized spacial score (nSPS) is 11.9. The number of para-hydroxylation sites is 1. The lowest BCUT2D eigenvalue weighted by Crippen LogP contribution is -2.10. The molecule has 3 aromatic carbocycles. The summed E-state index contributed by atoms with van der Waals surface area (Å²) in [4.78, 5) is 8.69. The summed E-state index contributed by atoms with van der Waals surface area (Å²) in [6.45, 7) is 4.12. The molecule has 5 aromatic rings. The predicted octanol–water partition coefficient (Wildman–Crippen LogP) is 6.24. The molecule has 0 spiro atoms. The molecule has 0 amide bonds. The molecule has 0 aliphatic carbocycles. The van der Waals surface area contributed by atoms with Crippen molar-refractivity contribution < 1.29 is 4.42 Å². The van der Waals surface area contributed by atoms with Crippen LogP contribution in [-0.2, 0) is 0 Å². The highest BCUT2D eigenvalue weighted by Crippen LogP contribution is 2.26. The molecule has 0 saturated heterocycles. The fraction of sp³-hybridized carbons (Fsp3) is 0.0800. The molecule has 0 fully saturated rings. The highest BCUT2D eigenvalue weighted by Gasteiger charge is 2.10. The number of benzene rings is 3. The molecule has 5 nitrogen and oxygen atoms in total. The molecule has 0 aliphatic heterocycles. The zero-order valence-electron chi connectivity index (χ0n) is 17.1. The maximum Gasteiger partial charge on any atom is 0.157 e. The van der Waals surface area contributed by atoms with Crippen molar-refractivity contribution >= 4 is 39.3 Å². The summed E-state index contributed by atoms with van der Waals surface area (Å²) < 4.78 is 6.26. The Morgan fingerprint density at radius 2 is 1.74 bits per heavy atom. The van der Waals surface area contributed by atoms with Crippen LogP contribution in [0.5, 0.6) is 0 Å². The number of hydrogen-bond donors (Lipinski definition) is 1. The molecule has 152 valence electrons. The second-order valence-electron chi connectivity index (χ2n) is 7.42. The van der Waals surface area contributed by atoms with E-state index in [4.69, 9.17) is 21.1 Å². The van der Waals surface area contributed by atoms with E-state index in [0.29, 0.717) is 16.6 Å².